The van der Waals surface area contributed by atoms with Crippen molar-refractivity contribution in [2.45, 2.75) is 31.7 Å². The SMILES string of the molecule is Cl.NCC(NC(=O)CCCNC(=O)c1ccc(F)cc1F)C1CC1. The molecular weight excluding hydrogens is 340 g/mol. The number of hydrogen-bond acceptors (Lipinski definition) is 3. The lowest BCUT2D eigenvalue weighted by atomic mass is 10.1. The standard InChI is InChI=1S/C16H21F2N3O2.ClH/c17-11-5-6-12(13(18)8-11)16(23)20-7-1-2-15(22)21-14(9-19)10-3-4-10;/h5-6,8,10,14H,1-4,7,9,19H2,(H,20,23)(H,21,22);1H. The Bertz CT molecular complexity index is 582. The lowest BCUT2D eigenvalue weighted by Crippen LogP contribution is -2.41. The fraction of sp³-hybridized carbons (Fsp3) is 0.500. The molecule has 5 nitrogen and oxygen atoms in total. The molecule has 2 amide bonds. The van der Waals surface area contributed by atoms with Gasteiger partial charge in [-0.2, -0.15) is 0 Å². The second-order valence-electron chi connectivity index (χ2n) is 5.73. The Morgan fingerprint density at radius 1 is 1.29 bits per heavy atom. The maximum absolute atomic E-state index is 13.4. The van der Waals surface area contributed by atoms with Crippen LogP contribution in [0, 0.1) is 17.6 Å². The van der Waals surface area contributed by atoms with Gasteiger partial charge in [0.1, 0.15) is 11.6 Å². The molecule has 1 fully saturated rings. The van der Waals surface area contributed by atoms with E-state index in [1.165, 1.54) is 0 Å². The van der Waals surface area contributed by atoms with Gasteiger partial charge in [-0.25, -0.2) is 8.78 Å². The summed E-state index contributed by atoms with van der Waals surface area (Å²) in [6.07, 6.45) is 2.89. The van der Waals surface area contributed by atoms with Crippen LogP contribution in [0.25, 0.3) is 0 Å². The van der Waals surface area contributed by atoms with E-state index in [9.17, 15) is 18.4 Å². The van der Waals surface area contributed by atoms with Crippen LogP contribution in [0.5, 0.6) is 0 Å². The molecule has 1 aliphatic carbocycles. The van der Waals surface area contributed by atoms with Gasteiger partial charge in [0.25, 0.3) is 5.91 Å². The molecule has 24 heavy (non-hydrogen) atoms. The fourth-order valence-electron chi connectivity index (χ4n) is 2.37. The normalized spacial score (nSPS) is 14.5. The number of halogens is 3. The van der Waals surface area contributed by atoms with Gasteiger partial charge in [-0.15, -0.1) is 12.4 Å². The first-order valence-electron chi connectivity index (χ1n) is 7.74. The molecule has 2 rings (SSSR count). The third-order valence-electron chi connectivity index (χ3n) is 3.83. The summed E-state index contributed by atoms with van der Waals surface area (Å²) in [5, 5.41) is 5.40. The minimum absolute atomic E-state index is 0. The summed E-state index contributed by atoms with van der Waals surface area (Å²) >= 11 is 0. The van der Waals surface area contributed by atoms with Crippen LogP contribution in [0.1, 0.15) is 36.0 Å². The number of nitrogens with one attached hydrogen (secondary N) is 2. The van der Waals surface area contributed by atoms with Gasteiger partial charge in [-0.3, -0.25) is 9.59 Å². The van der Waals surface area contributed by atoms with Crippen molar-refractivity contribution in [2.75, 3.05) is 13.1 Å². The lowest BCUT2D eigenvalue weighted by molar-refractivity contribution is -0.122. The average Bonchev–Trinajstić information content (AvgIpc) is 3.33. The molecule has 0 bridgehead atoms. The highest BCUT2D eigenvalue weighted by Crippen LogP contribution is 2.32. The third kappa shape index (κ3) is 6.05. The Hall–Kier alpha value is -1.73. The predicted molar refractivity (Wildman–Crippen MR) is 88.9 cm³/mol. The van der Waals surface area contributed by atoms with Crippen LogP contribution in [0.15, 0.2) is 18.2 Å². The van der Waals surface area contributed by atoms with E-state index in [2.05, 4.69) is 10.6 Å². The van der Waals surface area contributed by atoms with Crippen molar-refractivity contribution in [1.82, 2.24) is 10.6 Å². The summed E-state index contributed by atoms with van der Waals surface area (Å²) in [5.41, 5.74) is 5.40. The first-order valence-corrected chi connectivity index (χ1v) is 7.74. The third-order valence-corrected chi connectivity index (χ3v) is 3.83. The quantitative estimate of drug-likeness (QED) is 0.617. The van der Waals surface area contributed by atoms with E-state index in [0.29, 0.717) is 24.9 Å². The highest BCUT2D eigenvalue weighted by molar-refractivity contribution is 5.94. The van der Waals surface area contributed by atoms with E-state index < -0.39 is 17.5 Å². The molecule has 1 saturated carbocycles. The molecule has 1 atom stereocenters. The van der Waals surface area contributed by atoms with Gasteiger partial charge in [-0.05, 0) is 37.3 Å². The maximum Gasteiger partial charge on any atom is 0.254 e. The molecule has 1 aromatic rings. The summed E-state index contributed by atoms with van der Waals surface area (Å²) in [6, 6.07) is 2.81. The Labute approximate surface area is 145 Å². The van der Waals surface area contributed by atoms with Crippen molar-refractivity contribution in [3.05, 3.63) is 35.4 Å². The fourth-order valence-corrected chi connectivity index (χ4v) is 2.37. The van der Waals surface area contributed by atoms with Gasteiger partial charge >= 0.3 is 0 Å². The number of carbonyl (C=O) groups excluding carboxylic acids is 2. The van der Waals surface area contributed by atoms with Crippen molar-refractivity contribution >= 4 is 24.2 Å². The highest BCUT2D eigenvalue weighted by Gasteiger charge is 2.30. The zero-order chi connectivity index (χ0) is 16.8. The molecule has 0 heterocycles. The van der Waals surface area contributed by atoms with Crippen LogP contribution in [0.4, 0.5) is 8.78 Å². The van der Waals surface area contributed by atoms with E-state index in [1.54, 1.807) is 0 Å². The van der Waals surface area contributed by atoms with Crippen molar-refractivity contribution in [2.24, 2.45) is 11.7 Å². The van der Waals surface area contributed by atoms with Crippen molar-refractivity contribution < 1.29 is 18.4 Å². The summed E-state index contributed by atoms with van der Waals surface area (Å²) in [6.45, 7) is 0.663. The smallest absolute Gasteiger partial charge is 0.254 e. The molecule has 1 aliphatic rings. The second kappa shape index (κ2) is 9.54. The Morgan fingerprint density at radius 2 is 2.00 bits per heavy atom. The molecule has 1 unspecified atom stereocenters. The molecule has 134 valence electrons. The Kier molecular flexibility index (Phi) is 8.07. The van der Waals surface area contributed by atoms with E-state index >= 15 is 0 Å². The van der Waals surface area contributed by atoms with Gasteiger partial charge in [0.2, 0.25) is 5.91 Å². The van der Waals surface area contributed by atoms with Crippen LogP contribution in [0.2, 0.25) is 0 Å². The molecule has 8 heteroatoms. The topological polar surface area (TPSA) is 84.2 Å². The largest absolute Gasteiger partial charge is 0.352 e. The molecule has 0 saturated heterocycles. The first-order chi connectivity index (χ1) is 11.0. The molecule has 0 aromatic heterocycles. The van der Waals surface area contributed by atoms with Crippen LogP contribution in [-0.2, 0) is 4.79 Å². The minimum atomic E-state index is -0.907. The number of nitrogens with two attached hydrogens (primary N) is 1. The van der Waals surface area contributed by atoms with Gasteiger partial charge in [-0.1, -0.05) is 0 Å². The monoisotopic (exact) mass is 361 g/mol. The molecular formula is C16H22ClF2N3O2. The highest BCUT2D eigenvalue weighted by atomic mass is 35.5. The molecule has 0 radical (unpaired) electrons. The number of hydrogen-bond donors (Lipinski definition) is 3. The van der Waals surface area contributed by atoms with Crippen molar-refractivity contribution in [3.63, 3.8) is 0 Å². The maximum atomic E-state index is 13.4. The van der Waals surface area contributed by atoms with E-state index in [0.717, 1.165) is 25.0 Å². The molecule has 0 spiro atoms. The number of rotatable bonds is 8. The van der Waals surface area contributed by atoms with Gasteiger partial charge in [0.15, 0.2) is 0 Å². The molecule has 1 aromatic carbocycles. The predicted octanol–water partition coefficient (Wildman–Crippen LogP) is 1.75. The van der Waals surface area contributed by atoms with Crippen LogP contribution in [-0.4, -0.2) is 30.9 Å². The summed E-state index contributed by atoms with van der Waals surface area (Å²) < 4.78 is 26.2. The van der Waals surface area contributed by atoms with E-state index in [-0.39, 0.29) is 42.9 Å². The molecule has 0 aliphatic heterocycles. The average molecular weight is 362 g/mol. The summed E-state index contributed by atoms with van der Waals surface area (Å²) in [4.78, 5) is 23.5. The van der Waals surface area contributed by atoms with Crippen LogP contribution in [0.3, 0.4) is 0 Å². The number of benzene rings is 1. The van der Waals surface area contributed by atoms with Gasteiger partial charge < -0.3 is 16.4 Å². The Morgan fingerprint density at radius 3 is 2.58 bits per heavy atom. The van der Waals surface area contributed by atoms with Crippen LogP contribution < -0.4 is 16.4 Å². The van der Waals surface area contributed by atoms with Gasteiger partial charge in [0.05, 0.1) is 5.56 Å². The van der Waals surface area contributed by atoms with Crippen LogP contribution >= 0.6 is 12.4 Å². The van der Waals surface area contributed by atoms with E-state index in [4.69, 9.17) is 5.73 Å². The summed E-state index contributed by atoms with van der Waals surface area (Å²) in [7, 11) is 0. The number of carbonyl (C=O) groups is 2. The second-order valence-corrected chi connectivity index (χ2v) is 5.73. The van der Waals surface area contributed by atoms with Crippen molar-refractivity contribution in [3.8, 4) is 0 Å². The molecule has 4 N–H and O–H groups in total. The lowest BCUT2D eigenvalue weighted by Gasteiger charge is -2.15. The zero-order valence-corrected chi connectivity index (χ0v) is 14.0. The zero-order valence-electron chi connectivity index (χ0n) is 13.2. The number of amides is 2. The Balaban J connectivity index is 0.00000288. The summed E-state index contributed by atoms with van der Waals surface area (Å²) in [5.74, 6) is -1.88. The van der Waals surface area contributed by atoms with Gasteiger partial charge in [0, 0.05) is 31.6 Å². The van der Waals surface area contributed by atoms with E-state index in [1.807, 2.05) is 0 Å². The minimum Gasteiger partial charge on any atom is -0.352 e. The first kappa shape index (κ1) is 20.3. The van der Waals surface area contributed by atoms with Crippen molar-refractivity contribution in [1.29, 1.82) is 0 Å².